The number of carbonyl (C=O) groups excluding carboxylic acids is 3. The van der Waals surface area contributed by atoms with Gasteiger partial charge in [-0.3, -0.25) is 14.4 Å². The molecular weight excluding hydrogens is 352 g/mol. The molecule has 1 aromatic carbocycles. The van der Waals surface area contributed by atoms with Crippen LogP contribution in [0.4, 0.5) is 0 Å². The number of carbonyl (C=O) groups is 3. The zero-order valence-corrected chi connectivity index (χ0v) is 17.7. The lowest BCUT2D eigenvalue weighted by atomic mass is 9.98. The molecule has 2 rings (SSSR count). The maximum atomic E-state index is 12.4. The number of aryl methyl sites for hydroxylation is 2. The number of rotatable bonds is 8. The predicted molar refractivity (Wildman–Crippen MR) is 111 cm³/mol. The van der Waals surface area contributed by atoms with Gasteiger partial charge in [0, 0.05) is 43.5 Å². The van der Waals surface area contributed by atoms with Crippen molar-refractivity contribution in [3.05, 3.63) is 34.9 Å². The van der Waals surface area contributed by atoms with Crippen molar-refractivity contribution in [2.75, 3.05) is 13.1 Å². The van der Waals surface area contributed by atoms with Crippen LogP contribution < -0.4 is 5.32 Å². The minimum atomic E-state index is -0.0815. The van der Waals surface area contributed by atoms with E-state index in [1.807, 2.05) is 36.9 Å². The van der Waals surface area contributed by atoms with Crippen LogP contribution in [0, 0.1) is 19.8 Å². The molecule has 0 atom stereocenters. The largest absolute Gasteiger partial charge is 0.353 e. The lowest BCUT2D eigenvalue weighted by Crippen LogP contribution is -2.48. The number of piperidine rings is 1. The number of likely N-dealkylation sites (tertiary alicyclic amines) is 1. The standard InChI is InChI=1S/C23H34N2O3/c1-5-18(6-2)23(28)25-13-11-20(12-14-25)24-22(27)10-9-21(26)19-8-7-16(3)17(4)15-19/h7-8,15,18,20H,5-6,9-14H2,1-4H3,(H,24,27). The summed E-state index contributed by atoms with van der Waals surface area (Å²) in [7, 11) is 0. The molecule has 0 aliphatic carbocycles. The van der Waals surface area contributed by atoms with Gasteiger partial charge in [0.15, 0.2) is 5.78 Å². The van der Waals surface area contributed by atoms with E-state index in [0.29, 0.717) is 18.7 Å². The Morgan fingerprint density at radius 1 is 1.04 bits per heavy atom. The monoisotopic (exact) mass is 386 g/mol. The number of nitrogens with zero attached hydrogens (tertiary/aromatic N) is 1. The number of nitrogens with one attached hydrogen (secondary N) is 1. The Morgan fingerprint density at radius 3 is 2.25 bits per heavy atom. The summed E-state index contributed by atoms with van der Waals surface area (Å²) < 4.78 is 0. The molecule has 1 N–H and O–H groups in total. The first-order valence-corrected chi connectivity index (χ1v) is 10.5. The first-order chi connectivity index (χ1) is 13.3. The molecule has 1 aromatic rings. The van der Waals surface area contributed by atoms with Gasteiger partial charge in [-0.25, -0.2) is 0 Å². The fourth-order valence-electron chi connectivity index (χ4n) is 3.73. The molecule has 28 heavy (non-hydrogen) atoms. The summed E-state index contributed by atoms with van der Waals surface area (Å²) in [4.78, 5) is 38.9. The van der Waals surface area contributed by atoms with Gasteiger partial charge in [0.05, 0.1) is 0 Å². The van der Waals surface area contributed by atoms with Crippen LogP contribution in [0.3, 0.4) is 0 Å². The molecule has 0 unspecified atom stereocenters. The van der Waals surface area contributed by atoms with E-state index in [1.54, 1.807) is 0 Å². The van der Waals surface area contributed by atoms with Crippen molar-refractivity contribution < 1.29 is 14.4 Å². The summed E-state index contributed by atoms with van der Waals surface area (Å²) in [6, 6.07) is 5.76. The summed E-state index contributed by atoms with van der Waals surface area (Å²) in [5.41, 5.74) is 2.91. The molecule has 1 aliphatic heterocycles. The van der Waals surface area contributed by atoms with E-state index in [0.717, 1.165) is 36.8 Å². The third kappa shape index (κ3) is 5.91. The van der Waals surface area contributed by atoms with E-state index in [9.17, 15) is 14.4 Å². The fourth-order valence-corrected chi connectivity index (χ4v) is 3.73. The molecule has 5 nitrogen and oxygen atoms in total. The molecule has 1 saturated heterocycles. The maximum absolute atomic E-state index is 12.4. The van der Waals surface area contributed by atoms with Gasteiger partial charge in [0.1, 0.15) is 0 Å². The van der Waals surface area contributed by atoms with Gasteiger partial charge in [-0.05, 0) is 56.7 Å². The van der Waals surface area contributed by atoms with Gasteiger partial charge in [0.2, 0.25) is 11.8 Å². The van der Waals surface area contributed by atoms with Gasteiger partial charge in [-0.15, -0.1) is 0 Å². The van der Waals surface area contributed by atoms with Crippen LogP contribution in [-0.2, 0) is 9.59 Å². The summed E-state index contributed by atoms with van der Waals surface area (Å²) >= 11 is 0. The summed E-state index contributed by atoms with van der Waals surface area (Å²) in [6.07, 6.45) is 3.74. The van der Waals surface area contributed by atoms with Crippen molar-refractivity contribution in [1.82, 2.24) is 10.2 Å². The summed E-state index contributed by atoms with van der Waals surface area (Å²) in [6.45, 7) is 9.50. The van der Waals surface area contributed by atoms with Gasteiger partial charge in [-0.1, -0.05) is 26.0 Å². The molecule has 1 fully saturated rings. The number of ketones is 1. The number of amides is 2. The average Bonchev–Trinajstić information content (AvgIpc) is 2.69. The van der Waals surface area contributed by atoms with Crippen LogP contribution in [0.25, 0.3) is 0 Å². The quantitative estimate of drug-likeness (QED) is 0.691. The highest BCUT2D eigenvalue weighted by Crippen LogP contribution is 2.18. The van der Waals surface area contributed by atoms with Crippen molar-refractivity contribution in [3.8, 4) is 0 Å². The minimum Gasteiger partial charge on any atom is -0.353 e. The van der Waals surface area contributed by atoms with Gasteiger partial charge >= 0.3 is 0 Å². The number of benzene rings is 1. The van der Waals surface area contributed by atoms with Crippen molar-refractivity contribution >= 4 is 17.6 Å². The molecule has 0 radical (unpaired) electrons. The molecule has 0 spiro atoms. The first kappa shape index (κ1) is 22.1. The number of hydrogen-bond acceptors (Lipinski definition) is 3. The highest BCUT2D eigenvalue weighted by Gasteiger charge is 2.27. The molecule has 0 aromatic heterocycles. The topological polar surface area (TPSA) is 66.5 Å². The van der Waals surface area contributed by atoms with Crippen LogP contribution in [0.15, 0.2) is 18.2 Å². The van der Waals surface area contributed by atoms with E-state index in [1.165, 1.54) is 0 Å². The maximum Gasteiger partial charge on any atom is 0.225 e. The van der Waals surface area contributed by atoms with E-state index >= 15 is 0 Å². The van der Waals surface area contributed by atoms with E-state index in [2.05, 4.69) is 19.2 Å². The Bertz CT molecular complexity index is 702. The van der Waals surface area contributed by atoms with E-state index in [4.69, 9.17) is 0 Å². The Balaban J connectivity index is 1.74. The summed E-state index contributed by atoms with van der Waals surface area (Å²) in [5.74, 6) is 0.280. The zero-order chi connectivity index (χ0) is 20.7. The number of Topliss-reactive ketones (excluding diaryl/α,β-unsaturated/α-hetero) is 1. The molecule has 0 saturated carbocycles. The molecule has 1 aliphatic rings. The van der Waals surface area contributed by atoms with Crippen LogP contribution >= 0.6 is 0 Å². The molecular formula is C23H34N2O3. The highest BCUT2D eigenvalue weighted by atomic mass is 16.2. The Kier molecular flexibility index (Phi) is 8.21. The van der Waals surface area contributed by atoms with Crippen LogP contribution in [0.2, 0.25) is 0 Å². The molecule has 154 valence electrons. The van der Waals surface area contributed by atoms with Crippen LogP contribution in [0.5, 0.6) is 0 Å². The van der Waals surface area contributed by atoms with Gasteiger partial charge in [-0.2, -0.15) is 0 Å². The smallest absolute Gasteiger partial charge is 0.225 e. The van der Waals surface area contributed by atoms with Crippen LogP contribution in [0.1, 0.15) is 73.9 Å². The fraction of sp³-hybridized carbons (Fsp3) is 0.609. The van der Waals surface area contributed by atoms with Crippen molar-refractivity contribution in [1.29, 1.82) is 0 Å². The third-order valence-corrected chi connectivity index (χ3v) is 5.91. The Labute approximate surface area is 168 Å². The Hall–Kier alpha value is -2.17. The van der Waals surface area contributed by atoms with Crippen molar-refractivity contribution in [2.24, 2.45) is 5.92 Å². The van der Waals surface area contributed by atoms with Gasteiger partial charge in [0.25, 0.3) is 0 Å². The minimum absolute atomic E-state index is 0.00355. The normalized spacial score (nSPS) is 15.0. The van der Waals surface area contributed by atoms with E-state index in [-0.39, 0.29) is 42.4 Å². The lowest BCUT2D eigenvalue weighted by molar-refractivity contribution is -0.137. The Morgan fingerprint density at radius 2 is 1.68 bits per heavy atom. The first-order valence-electron chi connectivity index (χ1n) is 10.5. The summed E-state index contributed by atoms with van der Waals surface area (Å²) in [5, 5.41) is 3.03. The second-order valence-electron chi connectivity index (χ2n) is 7.90. The predicted octanol–water partition coefficient (Wildman–Crippen LogP) is 3.81. The molecule has 5 heteroatoms. The number of hydrogen-bond donors (Lipinski definition) is 1. The van der Waals surface area contributed by atoms with Crippen molar-refractivity contribution in [2.45, 2.75) is 72.3 Å². The average molecular weight is 387 g/mol. The van der Waals surface area contributed by atoms with Crippen LogP contribution in [-0.4, -0.2) is 41.6 Å². The van der Waals surface area contributed by atoms with E-state index < -0.39 is 0 Å². The zero-order valence-electron chi connectivity index (χ0n) is 17.7. The highest BCUT2D eigenvalue weighted by molar-refractivity contribution is 5.98. The van der Waals surface area contributed by atoms with Gasteiger partial charge < -0.3 is 10.2 Å². The molecule has 1 heterocycles. The molecule has 2 amide bonds. The van der Waals surface area contributed by atoms with Crippen molar-refractivity contribution in [3.63, 3.8) is 0 Å². The SMILES string of the molecule is CCC(CC)C(=O)N1CCC(NC(=O)CCC(=O)c2ccc(C)c(C)c2)CC1. The lowest BCUT2D eigenvalue weighted by Gasteiger charge is -2.34. The molecule has 0 bridgehead atoms. The second kappa shape index (κ2) is 10.4. The second-order valence-corrected chi connectivity index (χ2v) is 7.90. The third-order valence-electron chi connectivity index (χ3n) is 5.91.